The molecule has 0 heterocycles. The Morgan fingerprint density at radius 1 is 0.500 bits per heavy atom. The molecular weight excluding hydrogens is 240 g/mol. The predicted molar refractivity (Wildman–Crippen MR) is 96.3 cm³/mol. The smallest absolute Gasteiger partial charge is 0.0440 e. The summed E-state index contributed by atoms with van der Waals surface area (Å²) in [5, 5.41) is 0. The second-order valence-electron chi connectivity index (χ2n) is 7.29. The van der Waals surface area contributed by atoms with E-state index >= 15 is 0 Å². The van der Waals surface area contributed by atoms with Gasteiger partial charge >= 0.3 is 0 Å². The molecule has 0 radical (unpaired) electrons. The van der Waals surface area contributed by atoms with Gasteiger partial charge in [-0.25, -0.2) is 0 Å². The molecule has 0 aromatic heterocycles. The van der Waals surface area contributed by atoms with Crippen LogP contribution in [-0.4, -0.2) is 0 Å². The van der Waals surface area contributed by atoms with Crippen LogP contribution in [0.15, 0.2) is 0 Å². The van der Waals surface area contributed by atoms with Crippen LogP contribution >= 0.6 is 0 Å². The maximum atomic E-state index is 2.37. The first-order valence-electron chi connectivity index (χ1n) is 9.40. The van der Waals surface area contributed by atoms with E-state index in [0.29, 0.717) is 0 Å². The van der Waals surface area contributed by atoms with Gasteiger partial charge in [0.05, 0.1) is 0 Å². The normalized spacial score (nSPS) is 16.8. The molecule has 0 saturated heterocycles. The summed E-state index contributed by atoms with van der Waals surface area (Å²) in [5.74, 6) is 3.75. The fourth-order valence-corrected chi connectivity index (χ4v) is 2.93. The molecule has 0 aliphatic carbocycles. The quantitative estimate of drug-likeness (QED) is 0.385. The zero-order valence-electron chi connectivity index (χ0n) is 16.0. The van der Waals surface area contributed by atoms with Crippen molar-refractivity contribution in [2.45, 2.75) is 107 Å². The molecule has 20 heavy (non-hydrogen) atoms. The highest BCUT2D eigenvalue weighted by atomic mass is 14.1. The Balaban J connectivity index is 0. The molecule has 0 aromatic carbocycles. The average molecular weight is 285 g/mol. The van der Waals surface area contributed by atoms with E-state index < -0.39 is 0 Å². The van der Waals surface area contributed by atoms with E-state index in [1.165, 1.54) is 51.4 Å². The van der Waals surface area contributed by atoms with Crippen LogP contribution in [0, 0.1) is 23.7 Å². The summed E-state index contributed by atoms with van der Waals surface area (Å²) in [6, 6.07) is 0. The largest absolute Gasteiger partial charge is 0.0654 e. The standard InChI is InChI=1S/2C10H22/c2*1-5-7-10(4)8-9(3)6-2/h2*9-10H,5-8H2,1-4H3. The Labute approximate surface area is 131 Å². The van der Waals surface area contributed by atoms with E-state index in [1.807, 2.05) is 0 Å². The van der Waals surface area contributed by atoms with Crippen LogP contribution in [0.5, 0.6) is 0 Å². The molecule has 4 atom stereocenters. The zero-order chi connectivity index (χ0) is 16.0. The van der Waals surface area contributed by atoms with Gasteiger partial charge in [0.1, 0.15) is 0 Å². The molecule has 0 bridgehead atoms. The number of hydrogen-bond acceptors (Lipinski definition) is 0. The van der Waals surface area contributed by atoms with E-state index in [0.717, 1.165) is 23.7 Å². The van der Waals surface area contributed by atoms with Crippen LogP contribution in [0.25, 0.3) is 0 Å². The van der Waals surface area contributed by atoms with Gasteiger partial charge in [0.15, 0.2) is 0 Å². The molecule has 0 saturated carbocycles. The molecule has 0 aliphatic rings. The Morgan fingerprint density at radius 2 is 0.800 bits per heavy atom. The highest BCUT2D eigenvalue weighted by Gasteiger charge is 2.05. The van der Waals surface area contributed by atoms with Crippen LogP contribution in [0.4, 0.5) is 0 Å². The van der Waals surface area contributed by atoms with Gasteiger partial charge in [-0.15, -0.1) is 0 Å². The number of hydrogen-bond donors (Lipinski definition) is 0. The molecule has 0 rings (SSSR count). The minimum atomic E-state index is 0.932. The van der Waals surface area contributed by atoms with Crippen LogP contribution in [0.2, 0.25) is 0 Å². The fourth-order valence-electron chi connectivity index (χ4n) is 2.93. The van der Waals surface area contributed by atoms with Gasteiger partial charge in [-0.05, 0) is 36.5 Å². The van der Waals surface area contributed by atoms with E-state index in [9.17, 15) is 0 Å². The third kappa shape index (κ3) is 16.1. The first kappa shape index (κ1) is 22.3. The minimum absolute atomic E-state index is 0.932. The molecule has 0 fully saturated rings. The average Bonchev–Trinajstić information content (AvgIpc) is 2.39. The topological polar surface area (TPSA) is 0 Å². The van der Waals surface area contributed by atoms with Crippen LogP contribution < -0.4 is 0 Å². The van der Waals surface area contributed by atoms with Crippen molar-refractivity contribution in [3.63, 3.8) is 0 Å². The van der Waals surface area contributed by atoms with E-state index in [1.54, 1.807) is 0 Å². The van der Waals surface area contributed by atoms with Gasteiger partial charge in [0.2, 0.25) is 0 Å². The molecule has 0 aromatic rings. The molecule has 0 aliphatic heterocycles. The van der Waals surface area contributed by atoms with E-state index in [4.69, 9.17) is 0 Å². The van der Waals surface area contributed by atoms with Crippen molar-refractivity contribution in [1.82, 2.24) is 0 Å². The van der Waals surface area contributed by atoms with Crippen LogP contribution in [0.1, 0.15) is 107 Å². The van der Waals surface area contributed by atoms with Crippen LogP contribution in [0.3, 0.4) is 0 Å². The summed E-state index contributed by atoms with van der Waals surface area (Å²) >= 11 is 0. The van der Waals surface area contributed by atoms with Crippen molar-refractivity contribution < 1.29 is 0 Å². The lowest BCUT2D eigenvalue weighted by atomic mass is 9.92. The van der Waals surface area contributed by atoms with Crippen molar-refractivity contribution in [2.24, 2.45) is 23.7 Å². The summed E-state index contributed by atoms with van der Waals surface area (Å²) in [4.78, 5) is 0. The molecule has 124 valence electrons. The second kappa shape index (κ2) is 15.4. The third-order valence-corrected chi connectivity index (χ3v) is 4.57. The summed E-state index contributed by atoms with van der Waals surface area (Å²) < 4.78 is 0. The first-order chi connectivity index (χ1) is 9.40. The Hall–Kier alpha value is 0. The molecule has 0 nitrogen and oxygen atoms in total. The molecule has 4 unspecified atom stereocenters. The molecule has 0 spiro atoms. The third-order valence-electron chi connectivity index (χ3n) is 4.57. The zero-order valence-corrected chi connectivity index (χ0v) is 16.0. The lowest BCUT2D eigenvalue weighted by Crippen LogP contribution is -2.01. The second-order valence-corrected chi connectivity index (χ2v) is 7.29. The van der Waals surface area contributed by atoms with Crippen molar-refractivity contribution in [1.29, 1.82) is 0 Å². The summed E-state index contributed by atoms with van der Waals surface area (Å²) in [7, 11) is 0. The van der Waals surface area contributed by atoms with E-state index in [2.05, 4.69) is 55.4 Å². The summed E-state index contributed by atoms with van der Waals surface area (Å²) in [6.45, 7) is 18.6. The Kier molecular flexibility index (Phi) is 17.1. The molecule has 0 heteroatoms. The fraction of sp³-hybridized carbons (Fsp3) is 1.00. The lowest BCUT2D eigenvalue weighted by molar-refractivity contribution is 0.384. The SMILES string of the molecule is CCCC(C)CC(C)CC.CCCC(C)CC(C)CC. The van der Waals surface area contributed by atoms with Gasteiger partial charge in [-0.2, -0.15) is 0 Å². The Bertz CT molecular complexity index is 153. The van der Waals surface area contributed by atoms with Gasteiger partial charge in [0.25, 0.3) is 0 Å². The Morgan fingerprint density at radius 3 is 1.00 bits per heavy atom. The maximum absolute atomic E-state index is 2.37. The van der Waals surface area contributed by atoms with Gasteiger partial charge < -0.3 is 0 Å². The molecular formula is C20H44. The summed E-state index contributed by atoms with van der Waals surface area (Å²) in [6.07, 6.45) is 11.0. The maximum Gasteiger partial charge on any atom is -0.0440 e. The summed E-state index contributed by atoms with van der Waals surface area (Å²) in [5.41, 5.74) is 0. The highest BCUT2D eigenvalue weighted by molar-refractivity contribution is 4.58. The highest BCUT2D eigenvalue weighted by Crippen LogP contribution is 2.19. The van der Waals surface area contributed by atoms with Crippen molar-refractivity contribution in [2.75, 3.05) is 0 Å². The monoisotopic (exact) mass is 284 g/mol. The molecule has 0 N–H and O–H groups in total. The van der Waals surface area contributed by atoms with E-state index in [-0.39, 0.29) is 0 Å². The van der Waals surface area contributed by atoms with Gasteiger partial charge in [-0.1, -0.05) is 93.9 Å². The minimum Gasteiger partial charge on any atom is -0.0654 e. The van der Waals surface area contributed by atoms with Gasteiger partial charge in [0, 0.05) is 0 Å². The lowest BCUT2D eigenvalue weighted by Gasteiger charge is -2.14. The first-order valence-corrected chi connectivity index (χ1v) is 9.40. The predicted octanol–water partition coefficient (Wildman–Crippen LogP) is 7.72. The van der Waals surface area contributed by atoms with Crippen molar-refractivity contribution in [3.05, 3.63) is 0 Å². The number of rotatable bonds is 10. The van der Waals surface area contributed by atoms with Crippen LogP contribution in [-0.2, 0) is 0 Å². The van der Waals surface area contributed by atoms with Gasteiger partial charge in [-0.3, -0.25) is 0 Å². The van der Waals surface area contributed by atoms with Crippen molar-refractivity contribution in [3.8, 4) is 0 Å². The van der Waals surface area contributed by atoms with Crippen molar-refractivity contribution >= 4 is 0 Å². The molecule has 0 amide bonds.